The molecule has 0 unspecified atom stereocenters. The Morgan fingerprint density at radius 2 is 2.14 bits per heavy atom. The third-order valence-electron chi connectivity index (χ3n) is 3.40. The predicted molar refractivity (Wildman–Crippen MR) is 83.8 cm³/mol. The molecule has 0 spiro atoms. The number of hydrogen-bond acceptors (Lipinski definition) is 4. The molecule has 122 valence electrons. The lowest BCUT2D eigenvalue weighted by Gasteiger charge is -2.41. The Balaban J connectivity index is 2.03. The number of anilines is 1. The van der Waals surface area contributed by atoms with Gasteiger partial charge in [0.25, 0.3) is 0 Å². The van der Waals surface area contributed by atoms with Gasteiger partial charge in [0.05, 0.1) is 11.9 Å². The molecule has 0 aliphatic carbocycles. The average molecular weight is 330 g/mol. The molecule has 1 aromatic heterocycles. The highest BCUT2D eigenvalue weighted by molar-refractivity contribution is 6.29. The molecule has 0 bridgehead atoms. The minimum atomic E-state index is -0.540. The van der Waals surface area contributed by atoms with E-state index in [4.69, 9.17) is 16.3 Å². The lowest BCUT2D eigenvalue weighted by atomic mass is 10.1. The standard InChI is InChI=1S/C15H21ClFN3O2/c1-10-9-19(11-7-12(17)13(16)18-8-11)5-6-20(10)14(21)22-15(2,3)4/h7-8,10H,5-6,9H2,1-4H3/t10-/m0/s1. The number of aromatic nitrogens is 1. The topological polar surface area (TPSA) is 45.7 Å². The number of nitrogens with zero attached hydrogens (tertiary/aromatic N) is 3. The Morgan fingerprint density at radius 1 is 1.45 bits per heavy atom. The molecule has 0 saturated carbocycles. The first-order chi connectivity index (χ1) is 10.2. The first-order valence-corrected chi connectivity index (χ1v) is 7.61. The molecular weight excluding hydrogens is 309 g/mol. The van der Waals surface area contributed by atoms with Crippen LogP contribution in [0.1, 0.15) is 27.7 Å². The van der Waals surface area contributed by atoms with Crippen molar-refractivity contribution < 1.29 is 13.9 Å². The minimum Gasteiger partial charge on any atom is -0.444 e. The summed E-state index contributed by atoms with van der Waals surface area (Å²) in [6.45, 7) is 9.15. The van der Waals surface area contributed by atoms with Gasteiger partial charge in [-0.05, 0) is 27.7 Å². The predicted octanol–water partition coefficient (Wildman–Crippen LogP) is 3.32. The summed E-state index contributed by atoms with van der Waals surface area (Å²) in [7, 11) is 0. The molecule has 1 aliphatic rings. The molecule has 0 radical (unpaired) electrons. The summed E-state index contributed by atoms with van der Waals surface area (Å²) in [5.41, 5.74) is 0.148. The molecule has 22 heavy (non-hydrogen) atoms. The third-order valence-corrected chi connectivity index (χ3v) is 3.68. The van der Waals surface area contributed by atoms with Crippen LogP contribution in [0.3, 0.4) is 0 Å². The summed E-state index contributed by atoms with van der Waals surface area (Å²) in [6.07, 6.45) is 1.22. The zero-order chi connectivity index (χ0) is 16.5. The normalized spacial score (nSPS) is 19.3. The number of rotatable bonds is 1. The Kier molecular flexibility index (Phi) is 4.80. The van der Waals surface area contributed by atoms with Crippen molar-refractivity contribution in [2.24, 2.45) is 0 Å². The second kappa shape index (κ2) is 6.28. The van der Waals surface area contributed by atoms with E-state index in [0.717, 1.165) is 0 Å². The summed E-state index contributed by atoms with van der Waals surface area (Å²) >= 11 is 5.60. The van der Waals surface area contributed by atoms with Gasteiger partial charge in [0, 0.05) is 31.7 Å². The third kappa shape index (κ3) is 4.00. The van der Waals surface area contributed by atoms with Crippen LogP contribution in [0.5, 0.6) is 0 Å². The van der Waals surface area contributed by atoms with Crippen LogP contribution in [-0.2, 0) is 4.74 Å². The van der Waals surface area contributed by atoms with E-state index in [1.165, 1.54) is 6.07 Å². The van der Waals surface area contributed by atoms with E-state index in [1.807, 2.05) is 32.6 Å². The van der Waals surface area contributed by atoms with Gasteiger partial charge in [-0.1, -0.05) is 11.6 Å². The number of hydrogen-bond donors (Lipinski definition) is 0. The summed E-state index contributed by atoms with van der Waals surface area (Å²) in [6, 6.07) is 1.33. The summed E-state index contributed by atoms with van der Waals surface area (Å²) in [5, 5.41) is -0.135. The largest absolute Gasteiger partial charge is 0.444 e. The maximum Gasteiger partial charge on any atom is 0.410 e. The van der Waals surface area contributed by atoms with Gasteiger partial charge in [-0.2, -0.15) is 0 Å². The second-order valence-corrected chi connectivity index (χ2v) is 6.79. The van der Waals surface area contributed by atoms with Crippen LogP contribution in [0, 0.1) is 5.82 Å². The Morgan fingerprint density at radius 3 is 2.68 bits per heavy atom. The van der Waals surface area contributed by atoms with Crippen LogP contribution in [0.4, 0.5) is 14.9 Å². The number of carbonyl (C=O) groups excluding carboxylic acids is 1. The van der Waals surface area contributed by atoms with E-state index in [9.17, 15) is 9.18 Å². The van der Waals surface area contributed by atoms with Crippen molar-refractivity contribution in [1.29, 1.82) is 0 Å². The van der Waals surface area contributed by atoms with Crippen LogP contribution < -0.4 is 4.90 Å². The number of ether oxygens (including phenoxy) is 1. The zero-order valence-electron chi connectivity index (χ0n) is 13.3. The molecule has 1 fully saturated rings. The molecule has 1 aromatic rings. The zero-order valence-corrected chi connectivity index (χ0v) is 14.0. The Bertz CT molecular complexity index is 562. The lowest BCUT2D eigenvalue weighted by molar-refractivity contribution is 0.0159. The van der Waals surface area contributed by atoms with Crippen LogP contribution in [0.2, 0.25) is 5.15 Å². The molecule has 1 amide bonds. The number of piperazine rings is 1. The second-order valence-electron chi connectivity index (χ2n) is 6.43. The fourth-order valence-electron chi connectivity index (χ4n) is 2.37. The fourth-order valence-corrected chi connectivity index (χ4v) is 2.47. The number of carbonyl (C=O) groups is 1. The van der Waals surface area contributed by atoms with Gasteiger partial charge >= 0.3 is 6.09 Å². The smallest absolute Gasteiger partial charge is 0.410 e. The van der Waals surface area contributed by atoms with Crippen molar-refractivity contribution in [2.75, 3.05) is 24.5 Å². The van der Waals surface area contributed by atoms with Crippen LogP contribution in [0.25, 0.3) is 0 Å². The van der Waals surface area contributed by atoms with E-state index in [1.54, 1.807) is 11.1 Å². The minimum absolute atomic E-state index is 0.0395. The van der Waals surface area contributed by atoms with Crippen molar-refractivity contribution in [2.45, 2.75) is 39.3 Å². The van der Waals surface area contributed by atoms with Crippen molar-refractivity contribution in [1.82, 2.24) is 9.88 Å². The molecular formula is C15H21ClFN3O2. The first kappa shape index (κ1) is 16.8. The lowest BCUT2D eigenvalue weighted by Crippen LogP contribution is -2.55. The van der Waals surface area contributed by atoms with E-state index >= 15 is 0 Å². The van der Waals surface area contributed by atoms with Crippen LogP contribution in [-0.4, -0.2) is 47.3 Å². The monoisotopic (exact) mass is 329 g/mol. The highest BCUT2D eigenvalue weighted by Gasteiger charge is 2.31. The van der Waals surface area contributed by atoms with Gasteiger partial charge in [0.15, 0.2) is 11.0 Å². The molecule has 2 rings (SSSR count). The van der Waals surface area contributed by atoms with Crippen molar-refractivity contribution in [3.63, 3.8) is 0 Å². The Hall–Kier alpha value is -1.56. The van der Waals surface area contributed by atoms with E-state index < -0.39 is 11.4 Å². The summed E-state index contributed by atoms with van der Waals surface area (Å²) < 4.78 is 18.9. The van der Waals surface area contributed by atoms with Gasteiger partial charge in [-0.3, -0.25) is 0 Å². The Labute approximate surface area is 135 Å². The maximum absolute atomic E-state index is 13.5. The highest BCUT2D eigenvalue weighted by Crippen LogP contribution is 2.23. The molecule has 7 heteroatoms. The van der Waals surface area contributed by atoms with Gasteiger partial charge in [-0.25, -0.2) is 14.2 Å². The van der Waals surface area contributed by atoms with Gasteiger partial charge in [0.1, 0.15) is 5.60 Å². The SMILES string of the molecule is C[C@H]1CN(c2cnc(Cl)c(F)c2)CCN1C(=O)OC(C)(C)C. The van der Waals surface area contributed by atoms with E-state index in [2.05, 4.69) is 4.98 Å². The van der Waals surface area contributed by atoms with Gasteiger partial charge in [-0.15, -0.1) is 0 Å². The fraction of sp³-hybridized carbons (Fsp3) is 0.600. The van der Waals surface area contributed by atoms with Crippen molar-refractivity contribution in [3.8, 4) is 0 Å². The average Bonchev–Trinajstić information content (AvgIpc) is 2.39. The first-order valence-electron chi connectivity index (χ1n) is 7.23. The van der Waals surface area contributed by atoms with Gasteiger partial charge in [0.2, 0.25) is 0 Å². The van der Waals surface area contributed by atoms with Gasteiger partial charge < -0.3 is 14.5 Å². The quantitative estimate of drug-likeness (QED) is 0.741. The van der Waals surface area contributed by atoms with E-state index in [-0.39, 0.29) is 17.3 Å². The highest BCUT2D eigenvalue weighted by atomic mass is 35.5. The molecule has 0 N–H and O–H groups in total. The molecule has 2 heterocycles. The van der Waals surface area contributed by atoms with E-state index in [0.29, 0.717) is 25.3 Å². The van der Waals surface area contributed by atoms with Crippen molar-refractivity contribution in [3.05, 3.63) is 23.2 Å². The number of pyridine rings is 1. The maximum atomic E-state index is 13.5. The molecule has 1 aliphatic heterocycles. The molecule has 1 atom stereocenters. The summed E-state index contributed by atoms with van der Waals surface area (Å²) in [5.74, 6) is -0.540. The molecule has 5 nitrogen and oxygen atoms in total. The van der Waals surface area contributed by atoms with Crippen molar-refractivity contribution >= 4 is 23.4 Å². The van der Waals surface area contributed by atoms with Crippen LogP contribution in [0.15, 0.2) is 12.3 Å². The number of halogens is 2. The summed E-state index contributed by atoms with van der Waals surface area (Å²) in [4.78, 5) is 19.7. The van der Waals surface area contributed by atoms with Crippen LogP contribution >= 0.6 is 11.6 Å². The number of amides is 1. The molecule has 0 aromatic carbocycles. The molecule has 1 saturated heterocycles.